The summed E-state index contributed by atoms with van der Waals surface area (Å²) in [6, 6.07) is 0. The van der Waals surface area contributed by atoms with Gasteiger partial charge in [-0.1, -0.05) is 0 Å². The van der Waals surface area contributed by atoms with Crippen LogP contribution in [0.15, 0.2) is 22.0 Å². The van der Waals surface area contributed by atoms with Crippen LogP contribution < -0.4 is 5.14 Å². The molecule has 2 N–H and O–H groups in total. The summed E-state index contributed by atoms with van der Waals surface area (Å²) in [6.07, 6.45) is 0.911. The molecule has 0 saturated carbocycles. The van der Waals surface area contributed by atoms with Crippen LogP contribution in [0.3, 0.4) is 0 Å². The number of rotatable bonds is 4. The average molecular weight is 334 g/mol. The third-order valence-electron chi connectivity index (χ3n) is 3.09. The van der Waals surface area contributed by atoms with Gasteiger partial charge in [-0.15, -0.1) is 0 Å². The lowest BCUT2D eigenvalue weighted by molar-refractivity contribution is -0.0198. The number of primary sulfonamides is 1. The van der Waals surface area contributed by atoms with Crippen molar-refractivity contribution < 1.29 is 17.5 Å². The maximum Gasteiger partial charge on any atom is 0.224 e. The van der Waals surface area contributed by atoms with E-state index in [4.69, 9.17) is 9.88 Å². The van der Waals surface area contributed by atoms with Gasteiger partial charge in [-0.2, -0.15) is 0 Å². The largest absolute Gasteiger partial charge is 0.374 e. The first-order valence-corrected chi connectivity index (χ1v) is 8.53. The summed E-state index contributed by atoms with van der Waals surface area (Å²) < 4.78 is 41.9. The Morgan fingerprint density at radius 3 is 2.59 bits per heavy atom. The molecule has 0 amide bonds. The normalized spacial score (nSPS) is 24.7. The van der Waals surface area contributed by atoms with Crippen molar-refractivity contribution in [1.82, 2.24) is 4.90 Å². The Labute approximate surface area is 130 Å². The van der Waals surface area contributed by atoms with Crippen molar-refractivity contribution in [1.29, 1.82) is 0 Å². The standard InChI is InChI=1S/C13H23FN4O3S/c1-9(2)21-11-5-12(22(15,19)20)8-18(7-11)13(16-4)17-6-10(3)14/h6,9,11-12H,4-5,7-8H2,1-3H3,(H2,15,19,20)/b10-6+,17-13?/t11-,12-/m0/s1. The number of aliphatic imine (C=N–C) groups is 2. The highest BCUT2D eigenvalue weighted by molar-refractivity contribution is 7.89. The zero-order chi connectivity index (χ0) is 16.9. The van der Waals surface area contributed by atoms with Crippen molar-refractivity contribution in [3.63, 3.8) is 0 Å². The number of sulfonamides is 1. The lowest BCUT2D eigenvalue weighted by Crippen LogP contribution is -2.52. The number of hydrogen-bond acceptors (Lipinski definition) is 4. The SMILES string of the molecule is C=NC(=N/C=C(\C)F)N1C[C@@H](OC(C)C)C[C@H](S(N)(=O)=O)C1. The van der Waals surface area contributed by atoms with E-state index in [0.29, 0.717) is 13.0 Å². The molecule has 0 aromatic rings. The first kappa shape index (κ1) is 18.7. The molecule has 0 aliphatic carbocycles. The number of nitrogens with two attached hydrogens (primary N) is 1. The van der Waals surface area contributed by atoms with Crippen molar-refractivity contribution in [2.75, 3.05) is 13.1 Å². The fraction of sp³-hybridized carbons (Fsp3) is 0.692. The van der Waals surface area contributed by atoms with E-state index >= 15 is 0 Å². The van der Waals surface area contributed by atoms with Crippen molar-refractivity contribution >= 4 is 22.7 Å². The van der Waals surface area contributed by atoms with Crippen molar-refractivity contribution in [2.45, 2.75) is 44.6 Å². The van der Waals surface area contributed by atoms with Crippen molar-refractivity contribution in [3.05, 3.63) is 12.0 Å². The van der Waals surface area contributed by atoms with E-state index in [1.807, 2.05) is 13.8 Å². The van der Waals surface area contributed by atoms with Crippen molar-refractivity contribution in [2.24, 2.45) is 15.1 Å². The summed E-state index contributed by atoms with van der Waals surface area (Å²) in [7, 11) is -3.73. The molecular formula is C13H23FN4O3S. The van der Waals surface area contributed by atoms with E-state index < -0.39 is 21.1 Å². The van der Waals surface area contributed by atoms with Crippen LogP contribution in [-0.2, 0) is 14.8 Å². The minimum Gasteiger partial charge on any atom is -0.374 e. The van der Waals surface area contributed by atoms with Gasteiger partial charge in [0.1, 0.15) is 5.83 Å². The second kappa shape index (κ2) is 7.80. The smallest absolute Gasteiger partial charge is 0.224 e. The number of nitrogens with zero attached hydrogens (tertiary/aromatic N) is 3. The molecule has 1 saturated heterocycles. The lowest BCUT2D eigenvalue weighted by Gasteiger charge is -2.37. The number of ether oxygens (including phenoxy) is 1. The molecule has 9 heteroatoms. The average Bonchev–Trinajstić information content (AvgIpc) is 2.37. The highest BCUT2D eigenvalue weighted by Crippen LogP contribution is 2.20. The maximum atomic E-state index is 12.8. The van der Waals surface area contributed by atoms with E-state index in [1.165, 1.54) is 6.92 Å². The summed E-state index contributed by atoms with van der Waals surface area (Å²) >= 11 is 0. The molecule has 2 atom stereocenters. The summed E-state index contributed by atoms with van der Waals surface area (Å²) in [5, 5.41) is 4.46. The highest BCUT2D eigenvalue weighted by atomic mass is 32.2. The monoisotopic (exact) mass is 334 g/mol. The van der Waals surface area contributed by atoms with Crippen LogP contribution >= 0.6 is 0 Å². The number of guanidine groups is 1. The molecule has 1 aliphatic heterocycles. The molecule has 0 spiro atoms. The van der Waals surface area contributed by atoms with Crippen LogP contribution in [0.5, 0.6) is 0 Å². The first-order valence-electron chi connectivity index (χ1n) is 6.92. The van der Waals surface area contributed by atoms with Gasteiger partial charge in [-0.05, 0) is 33.9 Å². The fourth-order valence-corrected chi connectivity index (χ4v) is 3.13. The molecule has 1 heterocycles. The van der Waals surface area contributed by atoms with Crippen LogP contribution in [0.25, 0.3) is 0 Å². The van der Waals surface area contributed by atoms with Gasteiger partial charge < -0.3 is 9.64 Å². The Balaban J connectivity index is 3.03. The van der Waals surface area contributed by atoms with Crippen molar-refractivity contribution in [3.8, 4) is 0 Å². The first-order chi connectivity index (χ1) is 10.1. The van der Waals surface area contributed by atoms with Gasteiger partial charge in [0.25, 0.3) is 0 Å². The van der Waals surface area contributed by atoms with E-state index in [-0.39, 0.29) is 24.7 Å². The summed E-state index contributed by atoms with van der Waals surface area (Å²) in [4.78, 5) is 9.21. The van der Waals surface area contributed by atoms with Gasteiger partial charge in [0.2, 0.25) is 16.0 Å². The summed E-state index contributed by atoms with van der Waals surface area (Å²) in [6.45, 7) is 8.87. The lowest BCUT2D eigenvalue weighted by atomic mass is 10.1. The Hall–Kier alpha value is -1.32. The minimum absolute atomic E-state index is 0.0591. The van der Waals surface area contributed by atoms with Crippen LogP contribution in [0, 0.1) is 0 Å². The van der Waals surface area contributed by atoms with Crippen LogP contribution in [0.2, 0.25) is 0 Å². The molecule has 0 radical (unpaired) electrons. The fourth-order valence-electron chi connectivity index (χ4n) is 2.26. The van der Waals surface area contributed by atoms with Crippen LogP contribution in [0.1, 0.15) is 27.2 Å². The zero-order valence-electron chi connectivity index (χ0n) is 13.1. The molecule has 7 nitrogen and oxygen atoms in total. The Kier molecular flexibility index (Phi) is 6.64. The Bertz CT molecular complexity index is 556. The second-order valence-corrected chi connectivity index (χ2v) is 7.31. The van der Waals surface area contributed by atoms with Gasteiger partial charge in [-0.25, -0.2) is 27.9 Å². The second-order valence-electron chi connectivity index (χ2n) is 5.46. The molecular weight excluding hydrogens is 311 g/mol. The molecule has 1 rings (SSSR count). The number of halogens is 1. The summed E-state index contributed by atoms with van der Waals surface area (Å²) in [5.74, 6) is -0.348. The molecule has 0 aromatic carbocycles. The predicted molar refractivity (Wildman–Crippen MR) is 84.9 cm³/mol. The zero-order valence-corrected chi connectivity index (χ0v) is 13.9. The van der Waals surface area contributed by atoms with E-state index in [2.05, 4.69) is 16.7 Å². The number of piperidine rings is 1. The van der Waals surface area contributed by atoms with Crippen LogP contribution in [-0.4, -0.2) is 56.5 Å². The van der Waals surface area contributed by atoms with Gasteiger partial charge in [0.05, 0.1) is 23.7 Å². The van der Waals surface area contributed by atoms with E-state index in [9.17, 15) is 12.8 Å². The Morgan fingerprint density at radius 1 is 1.50 bits per heavy atom. The molecule has 1 aliphatic rings. The molecule has 0 aromatic heterocycles. The number of likely N-dealkylation sites (tertiary alicyclic amines) is 1. The molecule has 1 fully saturated rings. The number of allylic oxidation sites excluding steroid dienone is 1. The van der Waals surface area contributed by atoms with Gasteiger partial charge in [0, 0.05) is 13.1 Å². The minimum atomic E-state index is -3.73. The topological polar surface area (TPSA) is 97.3 Å². The van der Waals surface area contributed by atoms with Gasteiger partial charge in [-0.3, -0.25) is 0 Å². The summed E-state index contributed by atoms with van der Waals surface area (Å²) in [5.41, 5.74) is 0. The van der Waals surface area contributed by atoms with E-state index in [0.717, 1.165) is 6.20 Å². The molecule has 0 bridgehead atoms. The maximum absolute atomic E-state index is 12.8. The predicted octanol–water partition coefficient (Wildman–Crippen LogP) is 1.03. The van der Waals surface area contributed by atoms with Crippen LogP contribution in [0.4, 0.5) is 4.39 Å². The Morgan fingerprint density at radius 2 is 2.14 bits per heavy atom. The molecule has 0 unspecified atom stereocenters. The third kappa shape index (κ3) is 5.82. The van der Waals surface area contributed by atoms with E-state index in [1.54, 1.807) is 4.90 Å². The quantitative estimate of drug-likeness (QED) is 0.613. The number of hydrogen-bond donors (Lipinski definition) is 1. The molecule has 126 valence electrons. The highest BCUT2D eigenvalue weighted by Gasteiger charge is 2.35. The van der Waals surface area contributed by atoms with Gasteiger partial charge >= 0.3 is 0 Å². The molecule has 22 heavy (non-hydrogen) atoms. The third-order valence-corrected chi connectivity index (χ3v) is 4.36. The van der Waals surface area contributed by atoms with Gasteiger partial charge in [0.15, 0.2) is 0 Å².